The third-order valence-corrected chi connectivity index (χ3v) is 3.53. The highest BCUT2D eigenvalue weighted by Crippen LogP contribution is 2.26. The minimum Gasteiger partial charge on any atom is -0.464 e. The zero-order valence-corrected chi connectivity index (χ0v) is 15.7. The molecule has 0 bridgehead atoms. The molecule has 0 saturated carbocycles. The predicted octanol–water partition coefficient (Wildman–Crippen LogP) is 5.54. The molecular formula is C22H26O3. The maximum absolute atomic E-state index is 11.7. The van der Waals surface area contributed by atoms with E-state index in [-0.39, 0.29) is 5.97 Å². The Morgan fingerprint density at radius 1 is 1.24 bits per heavy atom. The van der Waals surface area contributed by atoms with Crippen molar-refractivity contribution >= 4 is 5.97 Å². The first-order valence-electron chi connectivity index (χ1n) is 8.64. The molecule has 0 aliphatic carbocycles. The number of benzene rings is 1. The molecule has 1 aromatic heterocycles. The minimum absolute atomic E-state index is 0.214. The lowest BCUT2D eigenvalue weighted by Crippen LogP contribution is -2.23. The average Bonchev–Trinajstić information content (AvgIpc) is 3.04. The Hall–Kier alpha value is -2.47. The van der Waals surface area contributed by atoms with Crippen LogP contribution in [0.25, 0.3) is 11.3 Å². The topological polar surface area (TPSA) is 39.4 Å². The Kier molecular flexibility index (Phi) is 6.09. The van der Waals surface area contributed by atoms with Gasteiger partial charge in [0.05, 0.1) is 12.7 Å². The molecule has 0 saturated heterocycles. The van der Waals surface area contributed by atoms with Crippen LogP contribution in [0.2, 0.25) is 0 Å². The van der Waals surface area contributed by atoms with Crippen molar-refractivity contribution in [3.63, 3.8) is 0 Å². The molecule has 25 heavy (non-hydrogen) atoms. The molecule has 0 radical (unpaired) electrons. The molecule has 1 aromatic carbocycles. The lowest BCUT2D eigenvalue weighted by molar-refractivity contribution is -0.154. The first-order chi connectivity index (χ1) is 11.7. The zero-order valence-electron chi connectivity index (χ0n) is 15.7. The van der Waals surface area contributed by atoms with Gasteiger partial charge in [0.2, 0.25) is 0 Å². The van der Waals surface area contributed by atoms with E-state index in [1.807, 2.05) is 39.0 Å². The molecule has 0 amide bonds. The van der Waals surface area contributed by atoms with Crippen LogP contribution < -0.4 is 0 Å². The van der Waals surface area contributed by atoms with Crippen LogP contribution in [-0.4, -0.2) is 11.6 Å². The van der Waals surface area contributed by atoms with Gasteiger partial charge in [0, 0.05) is 17.5 Å². The van der Waals surface area contributed by atoms with Gasteiger partial charge >= 0.3 is 5.97 Å². The van der Waals surface area contributed by atoms with Gasteiger partial charge in [0.1, 0.15) is 11.4 Å². The van der Waals surface area contributed by atoms with E-state index in [1.165, 1.54) is 5.56 Å². The maximum atomic E-state index is 11.7. The van der Waals surface area contributed by atoms with Crippen molar-refractivity contribution in [3.8, 4) is 23.2 Å². The molecule has 0 aliphatic heterocycles. The van der Waals surface area contributed by atoms with Gasteiger partial charge in [0.25, 0.3) is 0 Å². The van der Waals surface area contributed by atoms with E-state index in [4.69, 9.17) is 9.15 Å². The highest BCUT2D eigenvalue weighted by Gasteiger charge is 2.15. The van der Waals surface area contributed by atoms with Crippen LogP contribution in [0.4, 0.5) is 0 Å². The SMILES string of the molecule is CC(C)c1cc(C#CCCC(=O)OC(C)(C)C)cc(-c2ccco2)c1. The summed E-state index contributed by atoms with van der Waals surface area (Å²) in [7, 11) is 0. The van der Waals surface area contributed by atoms with E-state index in [1.54, 1.807) is 6.26 Å². The number of hydrogen-bond acceptors (Lipinski definition) is 3. The molecule has 0 atom stereocenters. The van der Waals surface area contributed by atoms with E-state index in [0.717, 1.165) is 16.9 Å². The monoisotopic (exact) mass is 338 g/mol. The van der Waals surface area contributed by atoms with E-state index in [2.05, 4.69) is 37.8 Å². The van der Waals surface area contributed by atoms with Crippen molar-refractivity contribution in [2.24, 2.45) is 0 Å². The van der Waals surface area contributed by atoms with Crippen LogP contribution in [0.5, 0.6) is 0 Å². The number of carbonyl (C=O) groups is 1. The van der Waals surface area contributed by atoms with E-state index < -0.39 is 5.60 Å². The number of hydrogen-bond donors (Lipinski definition) is 0. The summed E-state index contributed by atoms with van der Waals surface area (Å²) in [5, 5.41) is 0. The zero-order chi connectivity index (χ0) is 18.4. The normalized spacial score (nSPS) is 11.1. The van der Waals surface area contributed by atoms with Crippen LogP contribution >= 0.6 is 0 Å². The Bertz CT molecular complexity index is 766. The smallest absolute Gasteiger partial charge is 0.307 e. The molecule has 2 rings (SSSR count). The molecule has 2 aromatic rings. The second-order valence-electron chi connectivity index (χ2n) is 7.36. The molecule has 0 spiro atoms. The summed E-state index contributed by atoms with van der Waals surface area (Å²) in [5.41, 5.74) is 2.72. The van der Waals surface area contributed by atoms with E-state index in [0.29, 0.717) is 18.8 Å². The van der Waals surface area contributed by atoms with Gasteiger partial charge in [-0.05, 0) is 62.6 Å². The second kappa shape index (κ2) is 8.07. The second-order valence-corrected chi connectivity index (χ2v) is 7.36. The first-order valence-corrected chi connectivity index (χ1v) is 8.64. The molecule has 3 heteroatoms. The molecule has 0 aliphatic rings. The number of ether oxygens (including phenoxy) is 1. The molecule has 3 nitrogen and oxygen atoms in total. The summed E-state index contributed by atoms with van der Waals surface area (Å²) in [6, 6.07) is 10.1. The van der Waals surface area contributed by atoms with Gasteiger partial charge in [-0.15, -0.1) is 0 Å². The van der Waals surface area contributed by atoms with Gasteiger partial charge < -0.3 is 9.15 Å². The lowest BCUT2D eigenvalue weighted by Gasteiger charge is -2.18. The fourth-order valence-electron chi connectivity index (χ4n) is 2.36. The van der Waals surface area contributed by atoms with E-state index >= 15 is 0 Å². The maximum Gasteiger partial charge on any atom is 0.307 e. The van der Waals surface area contributed by atoms with Crippen LogP contribution in [0.1, 0.15) is 64.5 Å². The fraction of sp³-hybridized carbons (Fsp3) is 0.409. The van der Waals surface area contributed by atoms with Crippen LogP contribution in [0.15, 0.2) is 41.0 Å². The number of furan rings is 1. The molecule has 0 N–H and O–H groups in total. The van der Waals surface area contributed by atoms with Gasteiger partial charge in [-0.2, -0.15) is 0 Å². The minimum atomic E-state index is -0.450. The number of carbonyl (C=O) groups excluding carboxylic acids is 1. The summed E-state index contributed by atoms with van der Waals surface area (Å²) in [6.45, 7) is 9.90. The van der Waals surface area contributed by atoms with Gasteiger partial charge in [0.15, 0.2) is 0 Å². The predicted molar refractivity (Wildman–Crippen MR) is 100 cm³/mol. The van der Waals surface area contributed by atoms with Gasteiger partial charge in [-0.1, -0.05) is 25.7 Å². The molecule has 1 heterocycles. The largest absolute Gasteiger partial charge is 0.464 e. The average molecular weight is 338 g/mol. The molecule has 0 unspecified atom stereocenters. The lowest BCUT2D eigenvalue weighted by atomic mass is 9.97. The molecule has 132 valence electrons. The van der Waals surface area contributed by atoms with Crippen molar-refractivity contribution < 1.29 is 13.9 Å². The Morgan fingerprint density at radius 3 is 2.60 bits per heavy atom. The van der Waals surface area contributed by atoms with Crippen molar-refractivity contribution in [2.75, 3.05) is 0 Å². The molecular weight excluding hydrogens is 312 g/mol. The number of esters is 1. The summed E-state index contributed by atoms with van der Waals surface area (Å²) in [5.74, 6) is 7.26. The van der Waals surface area contributed by atoms with Crippen molar-refractivity contribution in [3.05, 3.63) is 47.7 Å². The highest BCUT2D eigenvalue weighted by molar-refractivity contribution is 5.70. The van der Waals surface area contributed by atoms with Crippen molar-refractivity contribution in [1.82, 2.24) is 0 Å². The summed E-state index contributed by atoms with van der Waals surface area (Å²) in [4.78, 5) is 11.7. The van der Waals surface area contributed by atoms with Crippen molar-refractivity contribution in [2.45, 2.75) is 59.0 Å². The first kappa shape index (κ1) is 18.9. The molecule has 0 fully saturated rings. The standard InChI is InChI=1S/C22H26O3/c1-16(2)18-13-17(14-19(15-18)20-10-8-12-24-20)9-6-7-11-21(23)25-22(3,4)5/h8,10,12-16H,7,11H2,1-5H3. The Labute approximate surface area is 150 Å². The Morgan fingerprint density at radius 2 is 2.00 bits per heavy atom. The quantitative estimate of drug-likeness (QED) is 0.542. The van der Waals surface area contributed by atoms with Gasteiger partial charge in [-0.25, -0.2) is 0 Å². The van der Waals surface area contributed by atoms with Gasteiger partial charge in [-0.3, -0.25) is 4.79 Å². The third kappa shape index (κ3) is 6.15. The summed E-state index contributed by atoms with van der Waals surface area (Å²) < 4.78 is 10.8. The Balaban J connectivity index is 2.11. The highest BCUT2D eigenvalue weighted by atomic mass is 16.6. The summed E-state index contributed by atoms with van der Waals surface area (Å²) in [6.07, 6.45) is 2.46. The van der Waals surface area contributed by atoms with Crippen LogP contribution in [0.3, 0.4) is 0 Å². The third-order valence-electron chi connectivity index (χ3n) is 3.53. The van der Waals surface area contributed by atoms with Crippen LogP contribution in [0, 0.1) is 11.8 Å². The summed E-state index contributed by atoms with van der Waals surface area (Å²) >= 11 is 0. The van der Waals surface area contributed by atoms with Crippen molar-refractivity contribution in [1.29, 1.82) is 0 Å². The number of rotatable bonds is 4. The van der Waals surface area contributed by atoms with Crippen LogP contribution in [-0.2, 0) is 9.53 Å². The fourth-order valence-corrected chi connectivity index (χ4v) is 2.36. The van der Waals surface area contributed by atoms with E-state index in [9.17, 15) is 4.79 Å².